The molecule has 156 valence electrons. The minimum absolute atomic E-state index is 0.0528. The lowest BCUT2D eigenvalue weighted by molar-refractivity contribution is 0.0599. The number of hydrogen-bond donors (Lipinski definition) is 1. The molecule has 1 N–H and O–H groups in total. The molecule has 0 amide bonds. The number of carbonyl (C=O) groups is 1. The first kappa shape index (κ1) is 21.5. The molecule has 29 heavy (non-hydrogen) atoms. The summed E-state index contributed by atoms with van der Waals surface area (Å²) in [4.78, 5) is 14.4. The number of rotatable bonds is 7. The van der Waals surface area contributed by atoms with Gasteiger partial charge in [-0.3, -0.25) is 4.90 Å². The van der Waals surface area contributed by atoms with Gasteiger partial charge in [-0.15, -0.1) is 0 Å². The van der Waals surface area contributed by atoms with Crippen molar-refractivity contribution >= 4 is 16.0 Å². The Labute approximate surface area is 172 Å². The van der Waals surface area contributed by atoms with Crippen LogP contribution in [0.3, 0.4) is 0 Å². The Hall–Kier alpha value is -2.22. The van der Waals surface area contributed by atoms with E-state index in [1.165, 1.54) is 38.5 Å². The summed E-state index contributed by atoms with van der Waals surface area (Å²) >= 11 is 0. The van der Waals surface area contributed by atoms with Gasteiger partial charge < -0.3 is 4.74 Å². The maximum absolute atomic E-state index is 12.8. The summed E-state index contributed by atoms with van der Waals surface area (Å²) in [6.45, 7) is 4.94. The molecule has 0 radical (unpaired) electrons. The number of sulfonamides is 1. The zero-order valence-corrected chi connectivity index (χ0v) is 17.8. The van der Waals surface area contributed by atoms with Gasteiger partial charge >= 0.3 is 5.97 Å². The number of piperidine rings is 1. The molecular weight excluding hydrogens is 388 g/mol. The van der Waals surface area contributed by atoms with Gasteiger partial charge in [0.05, 0.1) is 17.6 Å². The van der Waals surface area contributed by atoms with Crippen molar-refractivity contribution in [1.82, 2.24) is 9.62 Å². The average Bonchev–Trinajstić information content (AvgIpc) is 2.73. The van der Waals surface area contributed by atoms with Crippen LogP contribution in [0.15, 0.2) is 47.4 Å². The van der Waals surface area contributed by atoms with E-state index in [1.807, 2.05) is 18.2 Å². The van der Waals surface area contributed by atoms with Crippen molar-refractivity contribution in [1.29, 1.82) is 0 Å². The summed E-state index contributed by atoms with van der Waals surface area (Å²) in [7, 11) is -2.48. The molecule has 0 aromatic heterocycles. The molecule has 6 nitrogen and oxygen atoms in total. The summed E-state index contributed by atoms with van der Waals surface area (Å²) in [6, 6.07) is 12.4. The largest absolute Gasteiger partial charge is 0.465 e. The zero-order chi connectivity index (χ0) is 20.9. The van der Waals surface area contributed by atoms with Gasteiger partial charge in [0.15, 0.2) is 0 Å². The fraction of sp³-hybridized carbons (Fsp3) is 0.409. The van der Waals surface area contributed by atoms with E-state index in [2.05, 4.69) is 15.7 Å². The minimum atomic E-state index is -3.76. The fourth-order valence-electron chi connectivity index (χ4n) is 3.60. The molecule has 0 unspecified atom stereocenters. The Bertz CT molecular complexity index is 967. The van der Waals surface area contributed by atoms with Crippen LogP contribution >= 0.6 is 0 Å². The standard InChI is InChI=1S/C22H28N2O4S/c1-17-10-11-20(14-21(17)22(25)28-2)29(26,27)23-15-18-8-4-5-9-19(18)16-24-12-6-3-7-13-24/h4-5,8-11,14,23H,3,6-7,12-13,15-16H2,1-2H3. The maximum atomic E-state index is 12.8. The highest BCUT2D eigenvalue weighted by atomic mass is 32.2. The highest BCUT2D eigenvalue weighted by Crippen LogP contribution is 2.19. The molecule has 0 bridgehead atoms. The van der Waals surface area contributed by atoms with Gasteiger partial charge in [0.2, 0.25) is 10.0 Å². The fourth-order valence-corrected chi connectivity index (χ4v) is 4.63. The van der Waals surface area contributed by atoms with Crippen LogP contribution in [-0.2, 0) is 27.8 Å². The van der Waals surface area contributed by atoms with Crippen molar-refractivity contribution < 1.29 is 17.9 Å². The van der Waals surface area contributed by atoms with Crippen molar-refractivity contribution in [2.45, 2.75) is 44.2 Å². The van der Waals surface area contributed by atoms with E-state index in [1.54, 1.807) is 13.0 Å². The first-order valence-corrected chi connectivity index (χ1v) is 11.4. The number of methoxy groups -OCH3 is 1. The van der Waals surface area contributed by atoms with Crippen LogP contribution in [0.1, 0.15) is 46.3 Å². The van der Waals surface area contributed by atoms with Crippen molar-refractivity contribution in [2.24, 2.45) is 0 Å². The molecule has 1 fully saturated rings. The maximum Gasteiger partial charge on any atom is 0.338 e. The van der Waals surface area contributed by atoms with Gasteiger partial charge in [0.25, 0.3) is 0 Å². The Balaban J connectivity index is 1.75. The molecule has 1 saturated heterocycles. The summed E-state index contributed by atoms with van der Waals surface area (Å²) in [6.07, 6.45) is 3.71. The first-order valence-electron chi connectivity index (χ1n) is 9.88. The van der Waals surface area contributed by atoms with Gasteiger partial charge in [0, 0.05) is 13.1 Å². The van der Waals surface area contributed by atoms with Crippen molar-refractivity contribution in [2.75, 3.05) is 20.2 Å². The minimum Gasteiger partial charge on any atom is -0.465 e. The lowest BCUT2D eigenvalue weighted by Gasteiger charge is -2.27. The third kappa shape index (κ3) is 5.44. The number of hydrogen-bond acceptors (Lipinski definition) is 5. The van der Waals surface area contributed by atoms with Crippen LogP contribution in [0.25, 0.3) is 0 Å². The van der Waals surface area contributed by atoms with Crippen LogP contribution in [0.2, 0.25) is 0 Å². The topological polar surface area (TPSA) is 75.7 Å². The number of nitrogens with one attached hydrogen (secondary N) is 1. The van der Waals surface area contributed by atoms with Crippen LogP contribution in [0, 0.1) is 6.92 Å². The predicted octanol–water partition coefficient (Wildman–Crippen LogP) is 3.25. The molecular formula is C22H28N2O4S. The third-order valence-electron chi connectivity index (χ3n) is 5.34. The second-order valence-electron chi connectivity index (χ2n) is 7.40. The van der Waals surface area contributed by atoms with Crippen LogP contribution < -0.4 is 4.72 Å². The van der Waals surface area contributed by atoms with Gasteiger partial charge in [-0.2, -0.15) is 0 Å². The molecule has 2 aromatic rings. The van der Waals surface area contributed by atoms with Crippen molar-refractivity contribution in [3.63, 3.8) is 0 Å². The number of ether oxygens (including phenoxy) is 1. The smallest absolute Gasteiger partial charge is 0.338 e. The highest BCUT2D eigenvalue weighted by Gasteiger charge is 2.19. The van der Waals surface area contributed by atoms with E-state index in [-0.39, 0.29) is 17.0 Å². The molecule has 0 saturated carbocycles. The summed E-state index contributed by atoms with van der Waals surface area (Å²) in [5.41, 5.74) is 3.02. The second kappa shape index (κ2) is 9.52. The normalized spacial score (nSPS) is 15.2. The van der Waals surface area contributed by atoms with Crippen LogP contribution in [0.5, 0.6) is 0 Å². The monoisotopic (exact) mass is 416 g/mol. The Morgan fingerprint density at radius 3 is 2.45 bits per heavy atom. The van der Waals surface area contributed by atoms with Gasteiger partial charge in [0.1, 0.15) is 0 Å². The molecule has 1 aliphatic rings. The Morgan fingerprint density at radius 2 is 1.76 bits per heavy atom. The Kier molecular flexibility index (Phi) is 7.05. The van der Waals surface area contributed by atoms with E-state index < -0.39 is 16.0 Å². The number of esters is 1. The van der Waals surface area contributed by atoms with Crippen molar-refractivity contribution in [3.8, 4) is 0 Å². The van der Waals surface area contributed by atoms with E-state index in [0.29, 0.717) is 5.56 Å². The average molecular weight is 417 g/mol. The summed E-state index contributed by atoms with van der Waals surface area (Å²) in [5.74, 6) is -0.550. The van der Waals surface area contributed by atoms with Gasteiger partial charge in [-0.05, 0) is 61.7 Å². The summed E-state index contributed by atoms with van der Waals surface area (Å²) < 4.78 is 33.0. The quantitative estimate of drug-likeness (QED) is 0.702. The molecule has 0 aliphatic carbocycles. The van der Waals surface area contributed by atoms with E-state index in [9.17, 15) is 13.2 Å². The van der Waals surface area contributed by atoms with E-state index in [0.717, 1.165) is 30.8 Å². The van der Waals surface area contributed by atoms with Gasteiger partial charge in [-0.25, -0.2) is 17.9 Å². The first-order chi connectivity index (χ1) is 13.9. The predicted molar refractivity (Wildman–Crippen MR) is 112 cm³/mol. The molecule has 2 aromatic carbocycles. The van der Waals surface area contributed by atoms with Crippen LogP contribution in [0.4, 0.5) is 0 Å². The van der Waals surface area contributed by atoms with Gasteiger partial charge in [-0.1, -0.05) is 36.8 Å². The second-order valence-corrected chi connectivity index (χ2v) is 9.17. The lowest BCUT2D eigenvalue weighted by atomic mass is 10.1. The van der Waals surface area contributed by atoms with E-state index >= 15 is 0 Å². The number of carbonyl (C=O) groups excluding carboxylic acids is 1. The van der Waals surface area contributed by atoms with Crippen molar-refractivity contribution in [3.05, 3.63) is 64.7 Å². The molecule has 0 spiro atoms. The third-order valence-corrected chi connectivity index (χ3v) is 6.74. The lowest BCUT2D eigenvalue weighted by Crippen LogP contribution is -2.30. The molecule has 1 aliphatic heterocycles. The molecule has 0 atom stereocenters. The molecule has 1 heterocycles. The SMILES string of the molecule is COC(=O)c1cc(S(=O)(=O)NCc2ccccc2CN2CCCCC2)ccc1C. The molecule has 7 heteroatoms. The zero-order valence-electron chi connectivity index (χ0n) is 17.0. The number of likely N-dealkylation sites (tertiary alicyclic amines) is 1. The Morgan fingerprint density at radius 1 is 1.07 bits per heavy atom. The number of aryl methyl sites for hydroxylation is 1. The number of nitrogens with zero attached hydrogens (tertiary/aromatic N) is 1. The van der Waals surface area contributed by atoms with E-state index in [4.69, 9.17) is 4.74 Å². The summed E-state index contributed by atoms with van der Waals surface area (Å²) in [5, 5.41) is 0. The number of benzene rings is 2. The van der Waals surface area contributed by atoms with Crippen LogP contribution in [-0.4, -0.2) is 39.5 Å². The molecule has 3 rings (SSSR count). The highest BCUT2D eigenvalue weighted by molar-refractivity contribution is 7.89.